The van der Waals surface area contributed by atoms with Crippen molar-refractivity contribution in [1.82, 2.24) is 0 Å². The van der Waals surface area contributed by atoms with Crippen LogP contribution < -0.4 is 30.4 Å². The summed E-state index contributed by atoms with van der Waals surface area (Å²) in [4.78, 5) is 0. The van der Waals surface area contributed by atoms with Crippen molar-refractivity contribution in [2.75, 3.05) is 45.6 Å². The topological polar surface area (TPSA) is 157 Å². The van der Waals surface area contributed by atoms with E-state index in [2.05, 4.69) is 0 Å². The fraction of sp³-hybridized carbons (Fsp3) is 0.481. The molecule has 0 amide bonds. The highest BCUT2D eigenvalue weighted by molar-refractivity contribution is 7.93. The molecular weight excluding hydrogens is 544 g/mol. The third-order valence-electron chi connectivity index (χ3n) is 4.25. The van der Waals surface area contributed by atoms with E-state index in [-0.39, 0.29) is 11.3 Å². The molecule has 10 nitrogen and oxygen atoms in total. The van der Waals surface area contributed by atoms with Gasteiger partial charge < -0.3 is 30.4 Å². The summed E-state index contributed by atoms with van der Waals surface area (Å²) in [5, 5.41) is -0.611. The van der Waals surface area contributed by atoms with E-state index in [9.17, 15) is 16.8 Å². The molecule has 224 valence electrons. The first-order valence-corrected chi connectivity index (χ1v) is 14.8. The molecule has 2 rings (SSSR count). The van der Waals surface area contributed by atoms with Gasteiger partial charge in [-0.15, -0.1) is 0 Å². The first-order valence-electron chi connectivity index (χ1n) is 15.5. The molecule has 0 fully saturated rings. The molecule has 0 heterocycles. The Morgan fingerprint density at radius 2 is 1.51 bits per heavy atom. The van der Waals surface area contributed by atoms with Crippen LogP contribution in [-0.2, 0) is 19.7 Å². The lowest BCUT2D eigenvalue weighted by atomic mass is 10.1. The summed E-state index contributed by atoms with van der Waals surface area (Å²) >= 11 is 0. The number of hydrogen-bond acceptors (Lipinski definition) is 10. The van der Waals surface area contributed by atoms with E-state index >= 15 is 0 Å². The number of methoxy groups -OCH3 is 2. The summed E-state index contributed by atoms with van der Waals surface area (Å²) in [6.45, 7) is 6.63. The van der Waals surface area contributed by atoms with E-state index in [0.717, 1.165) is 6.26 Å². The molecule has 39 heavy (non-hydrogen) atoms. The van der Waals surface area contributed by atoms with Crippen molar-refractivity contribution in [2.24, 2.45) is 11.5 Å². The fourth-order valence-corrected chi connectivity index (χ4v) is 3.90. The van der Waals surface area contributed by atoms with Crippen LogP contribution in [0, 0.1) is 0 Å². The second kappa shape index (κ2) is 18.3. The van der Waals surface area contributed by atoms with E-state index in [1.54, 1.807) is 32.0 Å². The molecule has 0 aliphatic heterocycles. The highest BCUT2D eigenvalue weighted by Gasteiger charge is 2.15. The van der Waals surface area contributed by atoms with Crippen molar-refractivity contribution in [3.63, 3.8) is 0 Å². The number of ether oxygens (including phenoxy) is 4. The molecule has 0 aromatic heterocycles. The Balaban J connectivity index is 0. The van der Waals surface area contributed by atoms with E-state index < -0.39 is 43.0 Å². The van der Waals surface area contributed by atoms with E-state index in [0.29, 0.717) is 48.7 Å². The van der Waals surface area contributed by atoms with Crippen LogP contribution in [0.5, 0.6) is 23.0 Å². The Labute approximate surface area is 245 Å². The average Bonchev–Trinajstić information content (AvgIpc) is 2.97. The SMILES string of the molecule is [2H]C.[2H]C(=C(N)c1ccc(OC)c(OCC)c1)S(C)(=O)=O.[2H]C([2H])([2H])S(=O)(=O)C[C@@]([2H])(N)c1ccc(OC)c(OCC)c1.[2H]CC. The molecule has 0 bridgehead atoms. The smallest absolute Gasteiger partial charge is 0.170 e. The van der Waals surface area contributed by atoms with Gasteiger partial charge in [-0.05, 0) is 49.7 Å². The Morgan fingerprint density at radius 3 is 1.95 bits per heavy atom. The zero-order valence-corrected chi connectivity index (χ0v) is 25.2. The van der Waals surface area contributed by atoms with Crippen LogP contribution in [0.15, 0.2) is 41.8 Å². The maximum Gasteiger partial charge on any atom is 0.170 e. The van der Waals surface area contributed by atoms with Gasteiger partial charge in [0.2, 0.25) is 0 Å². The van der Waals surface area contributed by atoms with Crippen molar-refractivity contribution in [1.29, 1.82) is 0 Å². The summed E-state index contributed by atoms with van der Waals surface area (Å²) in [5.41, 5.74) is 11.8. The van der Waals surface area contributed by atoms with Crippen molar-refractivity contribution in [2.45, 2.75) is 41.1 Å². The molecule has 1 atom stereocenters. The molecule has 0 unspecified atom stereocenters. The van der Waals surface area contributed by atoms with Gasteiger partial charge in [0, 0.05) is 30.9 Å². The zero-order valence-electron chi connectivity index (χ0n) is 30.5. The van der Waals surface area contributed by atoms with Crippen molar-refractivity contribution in [3.8, 4) is 23.0 Å². The maximum absolute atomic E-state index is 11.8. The second-order valence-corrected chi connectivity index (χ2v) is 10.4. The first-order chi connectivity index (χ1) is 21.2. The molecule has 2 aromatic carbocycles. The lowest BCUT2D eigenvalue weighted by Gasteiger charge is -2.15. The fourth-order valence-electron chi connectivity index (χ4n) is 2.80. The minimum Gasteiger partial charge on any atom is -0.493 e. The number of nitrogens with two attached hydrogens (primary N) is 2. The maximum atomic E-state index is 11.8. The normalized spacial score (nSPS) is 15.6. The van der Waals surface area contributed by atoms with Gasteiger partial charge in [0.15, 0.2) is 32.8 Å². The molecule has 0 saturated heterocycles. The summed E-state index contributed by atoms with van der Waals surface area (Å²) < 4.78 is 116. The van der Waals surface area contributed by atoms with Gasteiger partial charge in [0.1, 0.15) is 9.84 Å². The van der Waals surface area contributed by atoms with E-state index in [1.807, 2.05) is 6.92 Å². The molecule has 12 heteroatoms. The third-order valence-corrected chi connectivity index (χ3v) is 5.53. The average molecular weight is 598 g/mol. The Morgan fingerprint density at radius 1 is 1.03 bits per heavy atom. The lowest BCUT2D eigenvalue weighted by molar-refractivity contribution is 0.310. The minimum atomic E-state index is -4.53. The van der Waals surface area contributed by atoms with Gasteiger partial charge in [-0.1, -0.05) is 27.3 Å². The summed E-state index contributed by atoms with van der Waals surface area (Å²) in [7, 11) is -3.98. The van der Waals surface area contributed by atoms with Crippen LogP contribution in [-0.4, -0.2) is 62.5 Å². The Bertz CT molecular complexity index is 1470. The predicted molar refractivity (Wildman–Crippen MR) is 160 cm³/mol. The quantitative estimate of drug-likeness (QED) is 0.385. The molecule has 0 radical (unpaired) electrons. The Hall–Kier alpha value is -2.96. The van der Waals surface area contributed by atoms with Crippen molar-refractivity contribution >= 4 is 25.4 Å². The van der Waals surface area contributed by atoms with Gasteiger partial charge >= 0.3 is 0 Å². The standard InChI is InChI=1S/C12H19NO4S.C12H17NO4S.C2H6.CH4/c2*1-4-17-12-7-9(5-6-11(12)16-2)10(13)8-18(3,14)15;1-2;/h5-7,10H,4,8,13H2,1-3H3;5-8H,4,13H2,1-3H3;1-2H3;1H4/t10-;;;/m1.../s1/i3D3,10D;8D;2*1D. The zero-order chi connectivity index (χ0) is 36.5. The van der Waals surface area contributed by atoms with Gasteiger partial charge in [0.05, 0.1) is 47.0 Å². The number of sulfone groups is 2. The van der Waals surface area contributed by atoms with Crippen LogP contribution in [0.3, 0.4) is 0 Å². The summed E-state index contributed by atoms with van der Waals surface area (Å²) in [6, 6.07) is 6.90. The van der Waals surface area contributed by atoms with Gasteiger partial charge in [-0.3, -0.25) is 0 Å². The lowest BCUT2D eigenvalue weighted by Crippen LogP contribution is -2.20. The van der Waals surface area contributed by atoms with Crippen molar-refractivity contribution < 1.29 is 45.4 Å². The summed E-state index contributed by atoms with van der Waals surface area (Å²) in [5.74, 6) is 0.640. The molecule has 4 N–H and O–H groups in total. The van der Waals surface area contributed by atoms with E-state index in [4.69, 9.17) is 40.0 Å². The molecule has 2 aromatic rings. The molecule has 0 aliphatic rings. The van der Waals surface area contributed by atoms with Gasteiger partial charge in [-0.2, -0.15) is 0 Å². The van der Waals surface area contributed by atoms with Crippen molar-refractivity contribution in [3.05, 3.63) is 52.9 Å². The highest BCUT2D eigenvalue weighted by Crippen LogP contribution is 2.31. The Kier molecular flexibility index (Phi) is 12.4. The molecule has 0 aliphatic carbocycles. The van der Waals surface area contributed by atoms with Gasteiger partial charge in [-0.25, -0.2) is 16.8 Å². The monoisotopic (exact) mass is 597 g/mol. The molecule has 0 saturated carbocycles. The van der Waals surface area contributed by atoms with E-state index in [1.165, 1.54) is 39.8 Å². The number of hydrogen-bond donors (Lipinski definition) is 2. The van der Waals surface area contributed by atoms with Crippen LogP contribution in [0.1, 0.15) is 61.8 Å². The van der Waals surface area contributed by atoms with Crippen LogP contribution in [0.4, 0.5) is 0 Å². The highest BCUT2D eigenvalue weighted by atomic mass is 32.2. The summed E-state index contributed by atoms with van der Waals surface area (Å²) in [6.07, 6.45) is -2.27. The number of benzene rings is 2. The molecular formula is C27H46N2O8S2. The van der Waals surface area contributed by atoms with Gasteiger partial charge in [0.25, 0.3) is 0 Å². The number of rotatable bonds is 11. The predicted octanol–water partition coefficient (Wildman–Crippen LogP) is 4.20. The second-order valence-electron chi connectivity index (χ2n) is 7.17. The third kappa shape index (κ3) is 14.7. The van der Waals surface area contributed by atoms with Crippen LogP contribution >= 0.6 is 0 Å². The van der Waals surface area contributed by atoms with Crippen LogP contribution in [0.2, 0.25) is 0 Å². The molecule has 0 spiro atoms. The van der Waals surface area contributed by atoms with Crippen LogP contribution in [0.25, 0.3) is 5.70 Å². The first kappa shape index (κ1) is 26.3. The minimum absolute atomic E-state index is 0.115. The largest absolute Gasteiger partial charge is 0.493 e.